The van der Waals surface area contributed by atoms with Crippen molar-refractivity contribution in [2.75, 3.05) is 7.11 Å². The van der Waals surface area contributed by atoms with Crippen molar-refractivity contribution in [1.29, 1.82) is 0 Å². The Bertz CT molecular complexity index is 455. The van der Waals surface area contributed by atoms with Gasteiger partial charge >= 0.3 is 0 Å². The van der Waals surface area contributed by atoms with Crippen LogP contribution in [0.5, 0.6) is 5.75 Å². The summed E-state index contributed by atoms with van der Waals surface area (Å²) >= 11 is 9.35. The first-order chi connectivity index (χ1) is 6.24. The van der Waals surface area contributed by atoms with E-state index in [0.717, 1.165) is 15.7 Å². The third kappa shape index (κ3) is 1.30. The van der Waals surface area contributed by atoms with Crippen LogP contribution in [0.25, 0.3) is 5.52 Å². The van der Waals surface area contributed by atoms with Gasteiger partial charge in [0.05, 0.1) is 17.8 Å². The molecule has 0 unspecified atom stereocenters. The van der Waals surface area contributed by atoms with Crippen molar-refractivity contribution in [3.8, 4) is 5.75 Å². The quantitative estimate of drug-likeness (QED) is 0.738. The molecule has 68 valence electrons. The fraction of sp³-hybridized carbons (Fsp3) is 0.125. The number of rotatable bonds is 1. The second kappa shape index (κ2) is 3.20. The van der Waals surface area contributed by atoms with Crippen molar-refractivity contribution in [1.82, 2.24) is 9.38 Å². The van der Waals surface area contributed by atoms with Crippen molar-refractivity contribution < 1.29 is 4.74 Å². The predicted octanol–water partition coefficient (Wildman–Crippen LogP) is 2.76. The fourth-order valence-corrected chi connectivity index (χ4v) is 1.75. The van der Waals surface area contributed by atoms with Gasteiger partial charge in [0.15, 0.2) is 0 Å². The summed E-state index contributed by atoms with van der Waals surface area (Å²) in [5.41, 5.74) is 0.857. The molecule has 0 atom stereocenters. The molecule has 0 aliphatic heterocycles. The SMILES string of the molecule is COc1cc(Br)c(Cl)n2cncc12. The van der Waals surface area contributed by atoms with E-state index in [9.17, 15) is 0 Å². The first kappa shape index (κ1) is 8.84. The van der Waals surface area contributed by atoms with Crippen LogP contribution in [0, 0.1) is 0 Å². The van der Waals surface area contributed by atoms with Gasteiger partial charge in [0, 0.05) is 0 Å². The standard InChI is InChI=1S/C8H6BrClN2O/c1-13-7-2-5(9)8(10)12-4-11-3-6(7)12/h2-4H,1H3. The number of methoxy groups -OCH3 is 1. The van der Waals surface area contributed by atoms with E-state index in [1.807, 2.05) is 6.07 Å². The highest BCUT2D eigenvalue weighted by atomic mass is 79.9. The summed E-state index contributed by atoms with van der Waals surface area (Å²) < 4.78 is 7.72. The Kier molecular flexibility index (Phi) is 2.17. The zero-order chi connectivity index (χ0) is 9.42. The minimum Gasteiger partial charge on any atom is -0.494 e. The van der Waals surface area contributed by atoms with Crippen LogP contribution in [-0.2, 0) is 0 Å². The topological polar surface area (TPSA) is 26.5 Å². The molecule has 13 heavy (non-hydrogen) atoms. The second-order valence-corrected chi connectivity index (χ2v) is 3.71. The normalized spacial score (nSPS) is 10.7. The summed E-state index contributed by atoms with van der Waals surface area (Å²) in [6, 6.07) is 1.82. The molecule has 0 bridgehead atoms. The van der Waals surface area contributed by atoms with E-state index < -0.39 is 0 Å². The molecule has 3 nitrogen and oxygen atoms in total. The van der Waals surface area contributed by atoms with Gasteiger partial charge in [-0.2, -0.15) is 0 Å². The maximum Gasteiger partial charge on any atom is 0.145 e. The van der Waals surface area contributed by atoms with E-state index in [1.54, 1.807) is 24.0 Å². The Labute approximate surface area is 88.4 Å². The number of fused-ring (bicyclic) bond motifs is 1. The average Bonchev–Trinajstić information content (AvgIpc) is 2.60. The molecule has 2 aromatic heterocycles. The average molecular weight is 262 g/mol. The van der Waals surface area contributed by atoms with Crippen molar-refractivity contribution in [3.05, 3.63) is 28.2 Å². The van der Waals surface area contributed by atoms with Crippen LogP contribution in [0.3, 0.4) is 0 Å². The van der Waals surface area contributed by atoms with Gasteiger partial charge in [-0.05, 0) is 22.0 Å². The largest absolute Gasteiger partial charge is 0.494 e. The third-order valence-electron chi connectivity index (χ3n) is 1.78. The van der Waals surface area contributed by atoms with Crippen LogP contribution in [-0.4, -0.2) is 16.5 Å². The number of hydrogen-bond acceptors (Lipinski definition) is 2. The lowest BCUT2D eigenvalue weighted by Gasteiger charge is -2.05. The van der Waals surface area contributed by atoms with Gasteiger partial charge in [-0.1, -0.05) is 11.6 Å². The fourth-order valence-electron chi connectivity index (χ4n) is 1.16. The van der Waals surface area contributed by atoms with E-state index in [1.165, 1.54) is 0 Å². The van der Waals surface area contributed by atoms with Gasteiger partial charge in [-0.25, -0.2) is 4.98 Å². The van der Waals surface area contributed by atoms with E-state index >= 15 is 0 Å². The summed E-state index contributed by atoms with van der Waals surface area (Å²) in [5, 5.41) is 0.591. The van der Waals surface area contributed by atoms with E-state index in [4.69, 9.17) is 16.3 Å². The monoisotopic (exact) mass is 260 g/mol. The number of imidazole rings is 1. The minimum atomic E-state index is 0.591. The van der Waals surface area contributed by atoms with Crippen molar-refractivity contribution in [2.24, 2.45) is 0 Å². The smallest absolute Gasteiger partial charge is 0.145 e. The zero-order valence-corrected chi connectivity index (χ0v) is 9.13. The van der Waals surface area contributed by atoms with Crippen molar-refractivity contribution in [2.45, 2.75) is 0 Å². The lowest BCUT2D eigenvalue weighted by atomic mass is 10.4. The van der Waals surface area contributed by atoms with Crippen LogP contribution >= 0.6 is 27.5 Å². The maximum absolute atomic E-state index is 6.02. The van der Waals surface area contributed by atoms with Crippen molar-refractivity contribution >= 4 is 33.0 Å². The molecule has 0 fully saturated rings. The van der Waals surface area contributed by atoms with Gasteiger partial charge < -0.3 is 4.74 Å². The van der Waals surface area contributed by atoms with Crippen LogP contribution in [0.4, 0.5) is 0 Å². The zero-order valence-electron chi connectivity index (χ0n) is 6.79. The molecule has 0 saturated carbocycles. The second-order valence-electron chi connectivity index (χ2n) is 2.50. The Balaban J connectivity index is 2.87. The highest BCUT2D eigenvalue weighted by molar-refractivity contribution is 9.10. The summed E-state index contributed by atoms with van der Waals surface area (Å²) in [4.78, 5) is 3.99. The first-order valence-electron chi connectivity index (χ1n) is 3.58. The highest BCUT2D eigenvalue weighted by Gasteiger charge is 2.08. The number of halogens is 2. The molecule has 2 aromatic rings. The summed E-state index contributed by atoms with van der Waals surface area (Å²) in [6.45, 7) is 0. The van der Waals surface area contributed by atoms with Gasteiger partial charge in [0.1, 0.15) is 22.7 Å². The molecule has 5 heteroatoms. The summed E-state index contributed by atoms with van der Waals surface area (Å²) in [5.74, 6) is 0.744. The number of nitrogens with zero attached hydrogens (tertiary/aromatic N) is 2. The van der Waals surface area contributed by atoms with E-state index in [2.05, 4.69) is 20.9 Å². The van der Waals surface area contributed by atoms with Gasteiger partial charge in [-0.3, -0.25) is 4.40 Å². The van der Waals surface area contributed by atoms with Crippen LogP contribution in [0.1, 0.15) is 0 Å². The van der Waals surface area contributed by atoms with Gasteiger partial charge in [0.25, 0.3) is 0 Å². The van der Waals surface area contributed by atoms with Crippen molar-refractivity contribution in [3.63, 3.8) is 0 Å². The van der Waals surface area contributed by atoms with E-state index in [0.29, 0.717) is 5.15 Å². The molecule has 0 aliphatic rings. The molecule has 0 radical (unpaired) electrons. The number of ether oxygens (including phenoxy) is 1. The minimum absolute atomic E-state index is 0.591. The molecule has 0 amide bonds. The van der Waals surface area contributed by atoms with Crippen LogP contribution < -0.4 is 4.74 Å². The van der Waals surface area contributed by atoms with E-state index in [-0.39, 0.29) is 0 Å². The molecule has 0 aliphatic carbocycles. The molecular weight excluding hydrogens is 255 g/mol. The predicted molar refractivity (Wildman–Crippen MR) is 54.5 cm³/mol. The highest BCUT2D eigenvalue weighted by Crippen LogP contribution is 2.30. The van der Waals surface area contributed by atoms with Crippen LogP contribution in [0.15, 0.2) is 23.1 Å². The molecule has 0 saturated heterocycles. The third-order valence-corrected chi connectivity index (χ3v) is 3.00. The first-order valence-corrected chi connectivity index (χ1v) is 4.75. The molecule has 2 rings (SSSR count). The lowest BCUT2D eigenvalue weighted by molar-refractivity contribution is 0.417. The van der Waals surface area contributed by atoms with Crippen LogP contribution in [0.2, 0.25) is 5.15 Å². The Morgan fingerprint density at radius 3 is 3.08 bits per heavy atom. The van der Waals surface area contributed by atoms with Gasteiger partial charge in [0.2, 0.25) is 0 Å². The molecule has 2 heterocycles. The number of aromatic nitrogens is 2. The Morgan fingerprint density at radius 2 is 2.38 bits per heavy atom. The summed E-state index contributed by atoms with van der Waals surface area (Å²) in [6.07, 6.45) is 3.35. The number of hydrogen-bond donors (Lipinski definition) is 0. The maximum atomic E-state index is 6.02. The molecule has 0 spiro atoms. The molecular formula is C8H6BrClN2O. The number of pyridine rings is 1. The molecule has 0 N–H and O–H groups in total. The lowest BCUT2D eigenvalue weighted by Crippen LogP contribution is -1.91. The Morgan fingerprint density at radius 1 is 1.62 bits per heavy atom. The Hall–Kier alpha value is -0.740. The van der Waals surface area contributed by atoms with Gasteiger partial charge in [-0.15, -0.1) is 0 Å². The summed E-state index contributed by atoms with van der Waals surface area (Å²) in [7, 11) is 1.61. The molecule has 0 aromatic carbocycles.